The molecule has 18 nitrogen and oxygen atoms in total. The summed E-state index contributed by atoms with van der Waals surface area (Å²) in [5.74, 6) is 1.57. The first kappa shape index (κ1) is 60.3. The van der Waals surface area contributed by atoms with Crippen molar-refractivity contribution in [3.63, 3.8) is 0 Å². The van der Waals surface area contributed by atoms with Crippen LogP contribution in [-0.2, 0) is 18.5 Å². The van der Waals surface area contributed by atoms with Crippen molar-refractivity contribution in [2.75, 3.05) is 0 Å². The summed E-state index contributed by atoms with van der Waals surface area (Å²) in [7, 11) is 0. The number of H-pyrrole nitrogens is 6. The maximum Gasteiger partial charge on any atom is 0.417 e. The molecule has 0 atom stereocenters. The Balaban J connectivity index is 0.000000127. The van der Waals surface area contributed by atoms with Gasteiger partial charge in [0.2, 0.25) is 0 Å². The van der Waals surface area contributed by atoms with Crippen molar-refractivity contribution in [2.45, 2.75) is 60.1 Å². The zero-order valence-corrected chi connectivity index (χ0v) is 49.2. The number of rotatable bonds is 6. The number of pyridine rings is 3. The van der Waals surface area contributed by atoms with Crippen LogP contribution < -0.4 is 17.1 Å². The highest BCUT2D eigenvalue weighted by Crippen LogP contribution is 2.48. The van der Waals surface area contributed by atoms with Crippen molar-refractivity contribution in [3.8, 4) is 66.8 Å². The summed E-state index contributed by atoms with van der Waals surface area (Å²) in [5.41, 5.74) is 5.33. The number of imidazole rings is 3. The van der Waals surface area contributed by atoms with Gasteiger partial charge in [0.15, 0.2) is 0 Å². The predicted molar refractivity (Wildman–Crippen MR) is 329 cm³/mol. The molecule has 0 unspecified atom stereocenters. The molecule has 0 aliphatic carbocycles. The molecule has 0 aliphatic rings. The van der Waals surface area contributed by atoms with Gasteiger partial charge in [0, 0.05) is 84.8 Å². The second-order valence-electron chi connectivity index (χ2n) is 21.8. The van der Waals surface area contributed by atoms with Crippen LogP contribution in [-0.4, -0.2) is 60.3 Å². The van der Waals surface area contributed by atoms with Crippen LogP contribution in [0.4, 0.5) is 39.5 Å². The van der Waals surface area contributed by atoms with E-state index < -0.39 is 52.3 Å². The van der Waals surface area contributed by atoms with Crippen LogP contribution in [0, 0.1) is 41.5 Å². The number of halogens is 9. The molecule has 15 rings (SSSR count). The third kappa shape index (κ3) is 10.8. The maximum absolute atomic E-state index is 14.0. The number of hydrogen-bond acceptors (Lipinski definition) is 12. The second-order valence-corrected chi connectivity index (χ2v) is 21.8. The summed E-state index contributed by atoms with van der Waals surface area (Å²) in [5, 5.41) is 12.8. The Kier molecular flexibility index (Phi) is 14.5. The van der Waals surface area contributed by atoms with E-state index in [0.29, 0.717) is 117 Å². The summed E-state index contributed by atoms with van der Waals surface area (Å²) in [4.78, 5) is 64.7. The highest BCUT2D eigenvalue weighted by molar-refractivity contribution is 6.08. The zero-order chi connectivity index (χ0) is 65.7. The Morgan fingerprint density at radius 1 is 0.344 bits per heavy atom. The topological polar surface area (TPSA) is 263 Å². The number of aromatic amines is 6. The molecule has 27 heteroatoms. The highest BCUT2D eigenvalue weighted by Gasteiger charge is 2.38. The monoisotopic (exact) mass is 1270 g/mol. The Morgan fingerprint density at radius 3 is 0.849 bits per heavy atom. The number of benzene rings is 6. The van der Waals surface area contributed by atoms with Crippen molar-refractivity contribution >= 4 is 65.8 Å². The number of aryl methyl sites for hydroxylation is 6. The Hall–Kier alpha value is -11.6. The average molecular weight is 1270 g/mol. The molecule has 6 aromatic carbocycles. The van der Waals surface area contributed by atoms with Gasteiger partial charge in [-0.2, -0.15) is 39.5 Å². The van der Waals surface area contributed by atoms with Crippen LogP contribution in [0.5, 0.6) is 0 Å². The van der Waals surface area contributed by atoms with E-state index in [2.05, 4.69) is 60.3 Å². The quantitative estimate of drug-likeness (QED) is 0.0849. The molecule has 9 aromatic heterocycles. The van der Waals surface area contributed by atoms with E-state index in [1.165, 1.54) is 36.8 Å². The maximum atomic E-state index is 14.0. The molecule has 0 saturated heterocycles. The van der Waals surface area contributed by atoms with Crippen LogP contribution in [0.1, 0.15) is 51.1 Å². The fourth-order valence-corrected chi connectivity index (χ4v) is 12.2. The van der Waals surface area contributed by atoms with E-state index in [1.807, 2.05) is 0 Å². The Bertz CT molecular complexity index is 5070. The minimum absolute atomic E-state index is 0.0491. The van der Waals surface area contributed by atoms with E-state index in [4.69, 9.17) is 13.6 Å². The summed E-state index contributed by atoms with van der Waals surface area (Å²) < 4.78 is 142. The molecular weight excluding hydrogens is 1230 g/mol. The van der Waals surface area contributed by atoms with E-state index in [0.717, 1.165) is 18.2 Å². The van der Waals surface area contributed by atoms with Crippen molar-refractivity contribution < 1.29 is 53.1 Å². The molecule has 93 heavy (non-hydrogen) atoms. The summed E-state index contributed by atoms with van der Waals surface area (Å²) in [6, 6.07) is 26.6. The van der Waals surface area contributed by atoms with Crippen LogP contribution in [0.25, 0.3) is 133 Å². The lowest BCUT2D eigenvalue weighted by Crippen LogP contribution is -2.08. The molecule has 0 fully saturated rings. The lowest BCUT2D eigenvalue weighted by Gasteiger charge is -2.17. The molecule has 15 aromatic rings. The van der Waals surface area contributed by atoms with Gasteiger partial charge in [0.1, 0.15) is 17.3 Å². The third-order valence-corrected chi connectivity index (χ3v) is 15.9. The number of nitrogens with one attached hydrogen (secondary N) is 6. The van der Waals surface area contributed by atoms with Crippen molar-refractivity contribution in [2.24, 2.45) is 0 Å². The summed E-state index contributed by atoms with van der Waals surface area (Å²) >= 11 is 0. The van der Waals surface area contributed by atoms with Gasteiger partial charge in [0.05, 0.1) is 83.4 Å². The van der Waals surface area contributed by atoms with Crippen LogP contribution >= 0.6 is 0 Å². The van der Waals surface area contributed by atoms with Gasteiger partial charge in [-0.1, -0.05) is 33.7 Å². The van der Waals surface area contributed by atoms with E-state index >= 15 is 0 Å². The predicted octanol–water partition coefficient (Wildman–Crippen LogP) is 16.1. The average Bonchev–Trinajstić information content (AvgIpc) is 1.74. The van der Waals surface area contributed by atoms with Crippen LogP contribution in [0.15, 0.2) is 156 Å². The zero-order valence-electron chi connectivity index (χ0n) is 49.2. The van der Waals surface area contributed by atoms with E-state index in [1.54, 1.807) is 114 Å². The van der Waals surface area contributed by atoms with Crippen molar-refractivity contribution in [3.05, 3.63) is 210 Å². The second kappa shape index (κ2) is 22.4. The van der Waals surface area contributed by atoms with Gasteiger partial charge in [-0.15, -0.1) is 0 Å². The molecule has 0 saturated carbocycles. The summed E-state index contributed by atoms with van der Waals surface area (Å²) in [6.07, 6.45) is -9.27. The molecule has 6 N–H and O–H groups in total. The largest absolute Gasteiger partial charge is 0.417 e. The van der Waals surface area contributed by atoms with Gasteiger partial charge in [-0.25, -0.2) is 14.4 Å². The molecule has 0 radical (unpaired) electrons. The van der Waals surface area contributed by atoms with Crippen molar-refractivity contribution in [1.29, 1.82) is 0 Å². The molecule has 468 valence electrons. The first-order valence-electron chi connectivity index (χ1n) is 28.2. The molecule has 0 aliphatic heterocycles. The molecule has 0 bridgehead atoms. The number of nitrogens with zero attached hydrogens (tertiary/aromatic N) is 6. The smallest absolute Gasteiger partial charge is 0.361 e. The van der Waals surface area contributed by atoms with Crippen molar-refractivity contribution in [1.82, 2.24) is 60.3 Å². The van der Waals surface area contributed by atoms with Gasteiger partial charge < -0.3 is 43.5 Å². The minimum atomic E-state index is -4.61. The number of aromatic nitrogens is 12. The number of hydrogen-bond donors (Lipinski definition) is 6. The SMILES string of the molecule is Cc1noc(C)c1-c1cc(-c2c(C(F)(F)F)ccc3ncccc23)c2[nH]c(=O)[nH]c2c1.Cc1noc(C)c1-c1cc(-c2c(C(F)(F)F)ccc3ncccc23)c2[nH]c(=O)[nH]c2c1.Cc1noc(C)c1-c1cc(-c2c(C(F)(F)F)ccc3ncccc23)c2[nH]c(=O)[nH]c2c1. The molecular formula is C66H45F9N12O6. The van der Waals surface area contributed by atoms with Gasteiger partial charge in [0.25, 0.3) is 0 Å². The lowest BCUT2D eigenvalue weighted by molar-refractivity contribution is -0.137. The van der Waals surface area contributed by atoms with Gasteiger partial charge in [-0.05, 0) is 149 Å². The lowest BCUT2D eigenvalue weighted by atomic mass is 9.91. The van der Waals surface area contributed by atoms with E-state index in [-0.39, 0.29) is 49.9 Å². The number of fused-ring (bicyclic) bond motifs is 6. The Labute approximate surface area is 514 Å². The minimum Gasteiger partial charge on any atom is -0.361 e. The molecule has 0 amide bonds. The van der Waals surface area contributed by atoms with Crippen LogP contribution in [0.3, 0.4) is 0 Å². The first-order valence-corrected chi connectivity index (χ1v) is 28.2. The fourth-order valence-electron chi connectivity index (χ4n) is 12.2. The molecule has 0 spiro atoms. The number of alkyl halides is 9. The van der Waals surface area contributed by atoms with Gasteiger partial charge >= 0.3 is 35.6 Å². The molecule has 9 heterocycles. The third-order valence-electron chi connectivity index (χ3n) is 15.9. The standard InChI is InChI=1S/3C22H15F3N4O2/c3*1-10-18(11(2)31-29-10)12-8-14(20-17(9-12)27-21(30)28-20)19-13-4-3-7-26-16(13)6-5-15(19)22(23,24)25/h3*3-9H,1-2H3,(H2,27,28,30). The van der Waals surface area contributed by atoms with Gasteiger partial charge in [-0.3, -0.25) is 15.0 Å². The Morgan fingerprint density at radius 2 is 0.613 bits per heavy atom. The normalized spacial score (nSPS) is 12.2. The van der Waals surface area contributed by atoms with Crippen LogP contribution in [0.2, 0.25) is 0 Å². The first-order chi connectivity index (χ1) is 44.2. The highest BCUT2D eigenvalue weighted by atomic mass is 19.4. The van der Waals surface area contributed by atoms with E-state index in [9.17, 15) is 53.9 Å². The summed E-state index contributed by atoms with van der Waals surface area (Å²) in [6.45, 7) is 10.4. The fraction of sp³-hybridized carbons (Fsp3) is 0.136.